The van der Waals surface area contributed by atoms with Gasteiger partial charge in [0.1, 0.15) is 10.6 Å². The fourth-order valence-electron chi connectivity index (χ4n) is 2.16. The molecule has 4 nitrogen and oxygen atoms in total. The maximum atomic E-state index is 10.9. The fourth-order valence-corrected chi connectivity index (χ4v) is 2.97. The lowest BCUT2D eigenvalue weighted by Crippen LogP contribution is -2.07. The van der Waals surface area contributed by atoms with Gasteiger partial charge in [0.25, 0.3) is 0 Å². The number of aromatic carboxylic acids is 1. The third-order valence-corrected chi connectivity index (χ3v) is 4.45. The number of rotatable bonds is 4. The standard InChI is InChI=1S/C16H14N2O2S/c1-11(12-5-3-2-4-6-12)18-10-9-13(17-18)14-7-8-15(21-14)16(19)20/h2-11H,1H3,(H,19,20). The Labute approximate surface area is 126 Å². The van der Waals surface area contributed by atoms with Crippen LogP contribution in [0.15, 0.2) is 54.7 Å². The molecule has 1 atom stereocenters. The van der Waals surface area contributed by atoms with Crippen molar-refractivity contribution >= 4 is 17.3 Å². The Balaban J connectivity index is 1.87. The average molecular weight is 298 g/mol. The summed E-state index contributed by atoms with van der Waals surface area (Å²) in [4.78, 5) is 12.1. The van der Waals surface area contributed by atoms with Gasteiger partial charge in [0.15, 0.2) is 0 Å². The van der Waals surface area contributed by atoms with Crippen LogP contribution in [0.25, 0.3) is 10.6 Å². The molecular formula is C16H14N2O2S. The second-order valence-corrected chi connectivity index (χ2v) is 5.82. The van der Waals surface area contributed by atoms with E-state index in [1.54, 1.807) is 12.1 Å². The molecule has 3 rings (SSSR count). The van der Waals surface area contributed by atoms with Gasteiger partial charge in [-0.1, -0.05) is 30.3 Å². The van der Waals surface area contributed by atoms with Gasteiger partial charge in [0.05, 0.1) is 10.9 Å². The molecule has 0 bridgehead atoms. The molecule has 0 spiro atoms. The minimum atomic E-state index is -0.900. The molecule has 0 saturated carbocycles. The van der Waals surface area contributed by atoms with E-state index in [1.807, 2.05) is 35.1 Å². The van der Waals surface area contributed by atoms with Crippen molar-refractivity contribution in [1.29, 1.82) is 0 Å². The minimum absolute atomic E-state index is 0.138. The monoisotopic (exact) mass is 298 g/mol. The lowest BCUT2D eigenvalue weighted by Gasteiger charge is -2.12. The SMILES string of the molecule is CC(c1ccccc1)n1ccc(-c2ccc(C(=O)O)s2)n1. The number of hydrogen-bond donors (Lipinski definition) is 1. The van der Waals surface area contributed by atoms with E-state index in [-0.39, 0.29) is 6.04 Å². The number of nitrogens with zero attached hydrogens (tertiary/aromatic N) is 2. The van der Waals surface area contributed by atoms with E-state index < -0.39 is 5.97 Å². The predicted molar refractivity (Wildman–Crippen MR) is 82.8 cm³/mol. The number of carboxylic acids is 1. The van der Waals surface area contributed by atoms with E-state index in [0.717, 1.165) is 10.6 Å². The predicted octanol–water partition coefficient (Wildman–Crippen LogP) is 3.92. The van der Waals surface area contributed by atoms with Gasteiger partial charge in [-0.3, -0.25) is 4.68 Å². The first kappa shape index (κ1) is 13.6. The van der Waals surface area contributed by atoms with Crippen LogP contribution < -0.4 is 0 Å². The van der Waals surface area contributed by atoms with Crippen molar-refractivity contribution in [1.82, 2.24) is 9.78 Å². The van der Waals surface area contributed by atoms with Gasteiger partial charge >= 0.3 is 5.97 Å². The number of aromatic nitrogens is 2. The molecule has 106 valence electrons. The van der Waals surface area contributed by atoms with Crippen molar-refractivity contribution < 1.29 is 9.90 Å². The Bertz CT molecular complexity index is 761. The number of thiophene rings is 1. The summed E-state index contributed by atoms with van der Waals surface area (Å²) in [6.07, 6.45) is 1.92. The van der Waals surface area contributed by atoms with Crippen molar-refractivity contribution in [2.45, 2.75) is 13.0 Å². The first-order chi connectivity index (χ1) is 10.1. The molecule has 1 unspecified atom stereocenters. The Morgan fingerprint density at radius 3 is 2.62 bits per heavy atom. The summed E-state index contributed by atoms with van der Waals surface area (Å²) in [5.41, 5.74) is 1.99. The molecule has 0 aliphatic heterocycles. The molecule has 0 fully saturated rings. The van der Waals surface area contributed by atoms with Gasteiger partial charge in [-0.25, -0.2) is 4.79 Å². The minimum Gasteiger partial charge on any atom is -0.477 e. The zero-order chi connectivity index (χ0) is 14.8. The van der Waals surface area contributed by atoms with Gasteiger partial charge in [0, 0.05) is 6.20 Å². The van der Waals surface area contributed by atoms with Crippen LogP contribution in [-0.2, 0) is 0 Å². The third kappa shape index (κ3) is 2.73. The molecule has 0 aliphatic carbocycles. The highest BCUT2D eigenvalue weighted by Gasteiger charge is 2.13. The van der Waals surface area contributed by atoms with Crippen molar-refractivity contribution in [3.05, 3.63) is 65.2 Å². The molecule has 0 saturated heterocycles. The summed E-state index contributed by atoms with van der Waals surface area (Å²) in [6, 6.07) is 15.6. The third-order valence-electron chi connectivity index (χ3n) is 3.36. The molecular weight excluding hydrogens is 284 g/mol. The van der Waals surface area contributed by atoms with Crippen LogP contribution in [0.4, 0.5) is 0 Å². The quantitative estimate of drug-likeness (QED) is 0.794. The van der Waals surface area contributed by atoms with E-state index in [1.165, 1.54) is 16.9 Å². The van der Waals surface area contributed by atoms with Gasteiger partial charge in [-0.2, -0.15) is 5.10 Å². The molecule has 21 heavy (non-hydrogen) atoms. The lowest BCUT2D eigenvalue weighted by atomic mass is 10.1. The Hall–Kier alpha value is -2.40. The maximum absolute atomic E-state index is 10.9. The van der Waals surface area contributed by atoms with E-state index in [0.29, 0.717) is 4.88 Å². The number of carboxylic acid groups (broad SMARTS) is 1. The summed E-state index contributed by atoms with van der Waals surface area (Å²) >= 11 is 1.24. The summed E-state index contributed by atoms with van der Waals surface area (Å²) in [6.45, 7) is 2.09. The maximum Gasteiger partial charge on any atom is 0.345 e. The lowest BCUT2D eigenvalue weighted by molar-refractivity contribution is 0.0702. The van der Waals surface area contributed by atoms with Crippen LogP contribution in [0.3, 0.4) is 0 Å². The molecule has 0 amide bonds. The fraction of sp³-hybridized carbons (Fsp3) is 0.125. The Morgan fingerprint density at radius 1 is 1.19 bits per heavy atom. The summed E-state index contributed by atoms with van der Waals surface area (Å²) in [7, 11) is 0. The average Bonchev–Trinajstić information content (AvgIpc) is 3.16. The first-order valence-electron chi connectivity index (χ1n) is 6.59. The van der Waals surface area contributed by atoms with E-state index in [4.69, 9.17) is 5.11 Å². The number of hydrogen-bond acceptors (Lipinski definition) is 3. The molecule has 3 aromatic rings. The van der Waals surface area contributed by atoms with Crippen molar-refractivity contribution in [2.24, 2.45) is 0 Å². The number of carbonyl (C=O) groups is 1. The Morgan fingerprint density at radius 2 is 1.95 bits per heavy atom. The molecule has 5 heteroatoms. The molecule has 1 aromatic carbocycles. The molecule has 0 radical (unpaired) electrons. The summed E-state index contributed by atoms with van der Waals surface area (Å²) < 4.78 is 1.89. The van der Waals surface area contributed by atoms with Crippen LogP contribution in [0.1, 0.15) is 28.2 Å². The highest BCUT2D eigenvalue weighted by Crippen LogP contribution is 2.28. The van der Waals surface area contributed by atoms with E-state index >= 15 is 0 Å². The Kier molecular flexibility index (Phi) is 3.58. The van der Waals surface area contributed by atoms with Crippen LogP contribution in [0, 0.1) is 0 Å². The second-order valence-electron chi connectivity index (χ2n) is 4.74. The first-order valence-corrected chi connectivity index (χ1v) is 7.40. The van der Waals surface area contributed by atoms with Crippen LogP contribution in [-0.4, -0.2) is 20.9 Å². The van der Waals surface area contributed by atoms with Crippen molar-refractivity contribution in [2.75, 3.05) is 0 Å². The van der Waals surface area contributed by atoms with E-state index in [2.05, 4.69) is 24.2 Å². The van der Waals surface area contributed by atoms with Gasteiger partial charge in [-0.15, -0.1) is 11.3 Å². The van der Waals surface area contributed by atoms with Gasteiger partial charge in [0.2, 0.25) is 0 Å². The van der Waals surface area contributed by atoms with Crippen LogP contribution in [0.2, 0.25) is 0 Å². The van der Waals surface area contributed by atoms with E-state index in [9.17, 15) is 4.79 Å². The van der Waals surface area contributed by atoms with Crippen molar-refractivity contribution in [3.8, 4) is 10.6 Å². The smallest absolute Gasteiger partial charge is 0.345 e. The second kappa shape index (κ2) is 5.54. The zero-order valence-electron chi connectivity index (χ0n) is 11.4. The normalized spacial score (nSPS) is 12.2. The highest BCUT2D eigenvalue weighted by molar-refractivity contribution is 7.17. The largest absolute Gasteiger partial charge is 0.477 e. The molecule has 2 heterocycles. The van der Waals surface area contributed by atoms with Crippen molar-refractivity contribution in [3.63, 3.8) is 0 Å². The topological polar surface area (TPSA) is 55.1 Å². The molecule has 2 aromatic heterocycles. The van der Waals surface area contributed by atoms with Crippen LogP contribution in [0.5, 0.6) is 0 Å². The highest BCUT2D eigenvalue weighted by atomic mass is 32.1. The molecule has 0 aliphatic rings. The van der Waals surface area contributed by atoms with Gasteiger partial charge < -0.3 is 5.11 Å². The molecule has 1 N–H and O–H groups in total. The zero-order valence-corrected chi connectivity index (χ0v) is 12.2. The van der Waals surface area contributed by atoms with Gasteiger partial charge in [-0.05, 0) is 30.7 Å². The van der Waals surface area contributed by atoms with Crippen LogP contribution >= 0.6 is 11.3 Å². The summed E-state index contributed by atoms with van der Waals surface area (Å²) in [5.74, 6) is -0.900. The summed E-state index contributed by atoms with van der Waals surface area (Å²) in [5, 5.41) is 13.5. The number of benzene rings is 1.